The summed E-state index contributed by atoms with van der Waals surface area (Å²) < 4.78 is 11.7. The molecule has 2 heterocycles. The van der Waals surface area contributed by atoms with Gasteiger partial charge in [-0.2, -0.15) is 9.78 Å². The second kappa shape index (κ2) is 6.48. The fourth-order valence-electron chi connectivity index (χ4n) is 1.77. The molecule has 2 rings (SSSR count). The Kier molecular flexibility index (Phi) is 4.85. The zero-order valence-electron chi connectivity index (χ0n) is 13.0. The van der Waals surface area contributed by atoms with E-state index in [1.165, 1.54) is 4.68 Å². The molecule has 0 atom stereocenters. The number of aromatic nitrogens is 3. The van der Waals surface area contributed by atoms with Crippen molar-refractivity contribution in [1.29, 1.82) is 0 Å². The molecule has 0 aliphatic rings. The van der Waals surface area contributed by atoms with Crippen LogP contribution in [0.1, 0.15) is 26.5 Å². The zero-order valence-corrected chi connectivity index (χ0v) is 14.5. The molecular formula is C15H18BrN3O3. The minimum absolute atomic E-state index is 0.475. The van der Waals surface area contributed by atoms with Crippen molar-refractivity contribution in [2.45, 2.75) is 31.7 Å². The Bertz CT molecular complexity index is 677. The summed E-state index contributed by atoms with van der Waals surface area (Å²) in [5.41, 5.74) is 1.32. The number of ether oxygens (including phenoxy) is 2. The molecule has 118 valence electrons. The highest BCUT2D eigenvalue weighted by atomic mass is 79.9. The van der Waals surface area contributed by atoms with Crippen molar-refractivity contribution in [1.82, 2.24) is 14.8 Å². The molecule has 0 spiro atoms. The van der Waals surface area contributed by atoms with Crippen molar-refractivity contribution in [3.8, 4) is 17.3 Å². The van der Waals surface area contributed by atoms with Gasteiger partial charge < -0.3 is 9.47 Å². The van der Waals surface area contributed by atoms with E-state index in [1.807, 2.05) is 32.9 Å². The van der Waals surface area contributed by atoms with Crippen LogP contribution in [-0.4, -0.2) is 33.6 Å². The molecule has 2 aromatic heterocycles. The van der Waals surface area contributed by atoms with Gasteiger partial charge in [0.1, 0.15) is 11.3 Å². The average molecular weight is 368 g/mol. The molecule has 2 aromatic rings. The van der Waals surface area contributed by atoms with E-state index in [1.54, 1.807) is 19.2 Å². The van der Waals surface area contributed by atoms with E-state index < -0.39 is 11.7 Å². The van der Waals surface area contributed by atoms with Crippen LogP contribution in [0.3, 0.4) is 0 Å². The Morgan fingerprint density at radius 2 is 2.05 bits per heavy atom. The summed E-state index contributed by atoms with van der Waals surface area (Å²) in [5, 5.41) is 4.78. The van der Waals surface area contributed by atoms with Gasteiger partial charge in [-0.25, -0.2) is 9.78 Å². The number of rotatable bonds is 3. The van der Waals surface area contributed by atoms with Gasteiger partial charge in [-0.15, -0.1) is 0 Å². The summed E-state index contributed by atoms with van der Waals surface area (Å²) in [4.78, 5) is 16.5. The number of hydrogen-bond donors (Lipinski definition) is 0. The first-order chi connectivity index (χ1) is 10.3. The van der Waals surface area contributed by atoms with Crippen LogP contribution < -0.4 is 4.74 Å². The molecule has 0 saturated carbocycles. The monoisotopic (exact) mass is 367 g/mol. The molecule has 0 saturated heterocycles. The third kappa shape index (κ3) is 3.85. The largest absolute Gasteiger partial charge is 0.481 e. The number of halogens is 1. The van der Waals surface area contributed by atoms with E-state index >= 15 is 0 Å². The Morgan fingerprint density at radius 1 is 1.32 bits per heavy atom. The van der Waals surface area contributed by atoms with Crippen LogP contribution in [0.5, 0.6) is 5.88 Å². The highest BCUT2D eigenvalue weighted by molar-refractivity contribution is 9.08. The van der Waals surface area contributed by atoms with E-state index in [9.17, 15) is 4.79 Å². The van der Waals surface area contributed by atoms with E-state index in [0.29, 0.717) is 28.3 Å². The summed E-state index contributed by atoms with van der Waals surface area (Å²) in [6.07, 6.45) is -0.518. The molecule has 0 fully saturated rings. The fraction of sp³-hybridized carbons (Fsp3) is 0.400. The van der Waals surface area contributed by atoms with Crippen molar-refractivity contribution in [3.63, 3.8) is 0 Å². The lowest BCUT2D eigenvalue weighted by Gasteiger charge is -2.19. The highest BCUT2D eigenvalue weighted by Crippen LogP contribution is 2.22. The Labute approximate surface area is 137 Å². The number of carbonyl (C=O) groups is 1. The average Bonchev–Trinajstić information content (AvgIpc) is 2.90. The van der Waals surface area contributed by atoms with Gasteiger partial charge in [0.05, 0.1) is 18.5 Å². The molecule has 7 heteroatoms. The van der Waals surface area contributed by atoms with Gasteiger partial charge >= 0.3 is 6.09 Å². The minimum Gasteiger partial charge on any atom is -0.481 e. The summed E-state index contributed by atoms with van der Waals surface area (Å²) >= 11 is 3.36. The van der Waals surface area contributed by atoms with Crippen LogP contribution in [0.2, 0.25) is 0 Å². The predicted molar refractivity (Wildman–Crippen MR) is 86.3 cm³/mol. The van der Waals surface area contributed by atoms with E-state index in [0.717, 1.165) is 0 Å². The first-order valence-electron chi connectivity index (χ1n) is 6.73. The predicted octanol–water partition coefficient (Wildman–Crippen LogP) is 3.63. The van der Waals surface area contributed by atoms with Crippen LogP contribution in [0, 0.1) is 0 Å². The molecule has 0 N–H and O–H groups in total. The lowest BCUT2D eigenvalue weighted by Crippen LogP contribution is -2.28. The van der Waals surface area contributed by atoms with Gasteiger partial charge in [-0.3, -0.25) is 0 Å². The lowest BCUT2D eigenvalue weighted by molar-refractivity contribution is 0.0511. The van der Waals surface area contributed by atoms with E-state index in [-0.39, 0.29) is 0 Å². The van der Waals surface area contributed by atoms with Gasteiger partial charge in [0.15, 0.2) is 0 Å². The third-order valence-corrected chi connectivity index (χ3v) is 3.26. The molecule has 0 aliphatic carbocycles. The number of pyridine rings is 1. The molecule has 6 nitrogen and oxygen atoms in total. The molecule has 22 heavy (non-hydrogen) atoms. The number of alkyl halides is 1. The van der Waals surface area contributed by atoms with Gasteiger partial charge in [0.25, 0.3) is 0 Å². The minimum atomic E-state index is -0.582. The molecule has 0 bridgehead atoms. The van der Waals surface area contributed by atoms with Crippen LogP contribution in [-0.2, 0) is 10.1 Å². The first-order valence-corrected chi connectivity index (χ1v) is 7.86. The second-order valence-electron chi connectivity index (χ2n) is 5.61. The molecule has 0 aliphatic heterocycles. The maximum absolute atomic E-state index is 12.2. The van der Waals surface area contributed by atoms with E-state index in [2.05, 4.69) is 26.0 Å². The first kappa shape index (κ1) is 16.5. The topological polar surface area (TPSA) is 66.2 Å². The van der Waals surface area contributed by atoms with Crippen molar-refractivity contribution in [3.05, 3.63) is 30.0 Å². The maximum Gasteiger partial charge on any atom is 0.435 e. The van der Waals surface area contributed by atoms with E-state index in [4.69, 9.17) is 9.47 Å². The quantitative estimate of drug-likeness (QED) is 0.774. The number of nitrogens with zero attached hydrogens (tertiary/aromatic N) is 3. The normalized spacial score (nSPS) is 11.3. The molecule has 0 aromatic carbocycles. The molecule has 0 radical (unpaired) electrons. The van der Waals surface area contributed by atoms with Gasteiger partial charge in [0, 0.05) is 11.4 Å². The highest BCUT2D eigenvalue weighted by Gasteiger charge is 2.22. The summed E-state index contributed by atoms with van der Waals surface area (Å²) in [5.74, 6) is 0.490. The zero-order chi connectivity index (χ0) is 16.3. The van der Waals surface area contributed by atoms with Crippen LogP contribution in [0.4, 0.5) is 4.79 Å². The van der Waals surface area contributed by atoms with Gasteiger partial charge in [0.2, 0.25) is 5.88 Å². The SMILES string of the molecule is COc1cccc(-c2cc(CBr)n(C(=O)OC(C)(C)C)n2)n1. The Hall–Kier alpha value is -1.89. The van der Waals surface area contributed by atoms with Gasteiger partial charge in [-0.1, -0.05) is 22.0 Å². The Balaban J connectivity index is 2.38. The van der Waals surface area contributed by atoms with Crippen molar-refractivity contribution in [2.75, 3.05) is 7.11 Å². The summed E-state index contributed by atoms with van der Waals surface area (Å²) in [6.45, 7) is 5.44. The van der Waals surface area contributed by atoms with Crippen molar-refractivity contribution < 1.29 is 14.3 Å². The van der Waals surface area contributed by atoms with Crippen LogP contribution in [0.25, 0.3) is 11.4 Å². The lowest BCUT2D eigenvalue weighted by atomic mass is 10.2. The molecule has 0 amide bonds. The Morgan fingerprint density at radius 3 is 2.64 bits per heavy atom. The smallest absolute Gasteiger partial charge is 0.435 e. The fourth-order valence-corrected chi connectivity index (χ4v) is 2.17. The second-order valence-corrected chi connectivity index (χ2v) is 6.17. The van der Waals surface area contributed by atoms with Gasteiger partial charge in [-0.05, 0) is 32.9 Å². The molecule has 0 unspecified atom stereocenters. The van der Waals surface area contributed by atoms with Crippen molar-refractivity contribution in [2.24, 2.45) is 0 Å². The molecular weight excluding hydrogens is 350 g/mol. The standard InChI is InChI=1S/C15H18BrN3O3/c1-15(2,3)22-14(20)19-10(9-16)8-12(18-19)11-6-5-7-13(17-11)21-4/h5-8H,9H2,1-4H3. The third-order valence-electron chi connectivity index (χ3n) is 2.68. The number of methoxy groups -OCH3 is 1. The number of hydrogen-bond acceptors (Lipinski definition) is 5. The van der Waals surface area contributed by atoms with Crippen LogP contribution in [0.15, 0.2) is 24.3 Å². The summed E-state index contributed by atoms with van der Waals surface area (Å²) in [6, 6.07) is 7.17. The maximum atomic E-state index is 12.2. The number of carbonyl (C=O) groups excluding carboxylic acids is 1. The van der Waals surface area contributed by atoms with Crippen LogP contribution >= 0.6 is 15.9 Å². The summed E-state index contributed by atoms with van der Waals surface area (Å²) in [7, 11) is 1.55. The van der Waals surface area contributed by atoms with Crippen molar-refractivity contribution >= 4 is 22.0 Å².